The van der Waals surface area contributed by atoms with E-state index >= 15 is 0 Å². The molecule has 0 spiro atoms. The van der Waals surface area contributed by atoms with Gasteiger partial charge in [0.05, 0.1) is 22.3 Å². The summed E-state index contributed by atoms with van der Waals surface area (Å²) in [7, 11) is 0. The van der Waals surface area contributed by atoms with Gasteiger partial charge in [0.25, 0.3) is 0 Å². The second-order valence-electron chi connectivity index (χ2n) is 6.91. The lowest BCUT2D eigenvalue weighted by Crippen LogP contribution is -2.11. The van der Waals surface area contributed by atoms with Crippen LogP contribution in [0.25, 0.3) is 0 Å². The van der Waals surface area contributed by atoms with Crippen LogP contribution in [0, 0.1) is 0 Å². The highest BCUT2D eigenvalue weighted by Gasteiger charge is 2.38. The lowest BCUT2D eigenvalue weighted by molar-refractivity contribution is -0.144. The van der Waals surface area contributed by atoms with Gasteiger partial charge in [-0.15, -0.1) is 0 Å². The van der Waals surface area contributed by atoms with Crippen molar-refractivity contribution in [2.75, 3.05) is 0 Å². The molecule has 0 saturated heterocycles. The fourth-order valence-electron chi connectivity index (χ4n) is 2.42. The van der Waals surface area contributed by atoms with E-state index in [9.17, 15) is 52.7 Å². The largest absolute Gasteiger partial charge is 0.416 e. The molecule has 0 N–H and O–H groups in total. The van der Waals surface area contributed by atoms with Crippen molar-refractivity contribution >= 4 is 31.9 Å². The van der Waals surface area contributed by atoms with E-state index < -0.39 is 56.6 Å². The Balaban J connectivity index is 0.000000340. The molecule has 2 aromatic rings. The first-order valence-corrected chi connectivity index (χ1v) is 10.7. The molecule has 192 valence electrons. The zero-order chi connectivity index (χ0) is 26.9. The Labute approximate surface area is 202 Å². The van der Waals surface area contributed by atoms with Crippen molar-refractivity contribution < 1.29 is 52.7 Å². The monoisotopic (exact) mass is 640 g/mol. The maximum Gasteiger partial charge on any atom is 0.416 e. The molecule has 2 aromatic carbocycles. The molecular formula is C20H14Br2F12. The fraction of sp³-hybridized carbons (Fsp3) is 0.400. The highest BCUT2D eigenvalue weighted by molar-refractivity contribution is 9.09. The van der Waals surface area contributed by atoms with Gasteiger partial charge < -0.3 is 0 Å². The van der Waals surface area contributed by atoms with Gasteiger partial charge in [0.1, 0.15) is 0 Å². The van der Waals surface area contributed by atoms with Crippen LogP contribution < -0.4 is 0 Å². The second-order valence-corrected chi connectivity index (χ2v) is 9.66. The zero-order valence-electron chi connectivity index (χ0n) is 16.9. The van der Waals surface area contributed by atoms with Gasteiger partial charge in [-0.1, -0.05) is 31.9 Å². The summed E-state index contributed by atoms with van der Waals surface area (Å²) in [5.41, 5.74) is -5.32. The molecule has 34 heavy (non-hydrogen) atoms. The van der Waals surface area contributed by atoms with E-state index in [0.29, 0.717) is 24.3 Å². The van der Waals surface area contributed by atoms with E-state index in [2.05, 4.69) is 31.9 Å². The Morgan fingerprint density at radius 3 is 0.735 bits per heavy atom. The average molecular weight is 642 g/mol. The third kappa shape index (κ3) is 8.97. The highest BCUT2D eigenvalue weighted by atomic mass is 79.9. The summed E-state index contributed by atoms with van der Waals surface area (Å²) >= 11 is 5.90. The van der Waals surface area contributed by atoms with E-state index in [4.69, 9.17) is 0 Å². The number of halogens is 14. The molecule has 0 aromatic heterocycles. The molecule has 0 heterocycles. The van der Waals surface area contributed by atoms with Crippen LogP contribution in [0.5, 0.6) is 0 Å². The highest BCUT2D eigenvalue weighted by Crippen LogP contribution is 2.39. The molecule has 14 heteroatoms. The first kappa shape index (κ1) is 30.6. The predicted octanol–water partition coefficient (Wildman–Crippen LogP) is 10.4. The molecule has 2 atom stereocenters. The van der Waals surface area contributed by atoms with Gasteiger partial charge in [-0.05, 0) is 61.4 Å². The third-order valence-electron chi connectivity index (χ3n) is 4.14. The molecule has 0 aliphatic heterocycles. The molecule has 0 saturated carbocycles. The summed E-state index contributed by atoms with van der Waals surface area (Å²) in [6.45, 7) is 2.91. The molecule has 0 bridgehead atoms. The van der Waals surface area contributed by atoms with Crippen LogP contribution >= 0.6 is 31.9 Å². The number of hydrogen-bond acceptors (Lipinski definition) is 0. The summed E-state index contributed by atoms with van der Waals surface area (Å²) in [5.74, 6) is 0. The molecule has 0 fully saturated rings. The Hall–Kier alpha value is -1.44. The minimum Gasteiger partial charge on any atom is -0.166 e. The van der Waals surface area contributed by atoms with Gasteiger partial charge >= 0.3 is 24.7 Å². The number of alkyl halides is 14. The lowest BCUT2D eigenvalue weighted by atomic mass is 10.0. The Morgan fingerprint density at radius 2 is 0.618 bits per heavy atom. The van der Waals surface area contributed by atoms with Crippen LogP contribution in [0.2, 0.25) is 0 Å². The molecule has 0 aliphatic carbocycles. The Kier molecular flexibility index (Phi) is 9.60. The first-order valence-electron chi connectivity index (χ1n) is 8.90. The van der Waals surface area contributed by atoms with Crippen LogP contribution in [-0.2, 0) is 24.7 Å². The maximum absolute atomic E-state index is 12.4. The first-order chi connectivity index (χ1) is 15.0. The third-order valence-corrected chi connectivity index (χ3v) is 5.20. The molecule has 0 nitrogen and oxygen atoms in total. The molecule has 2 rings (SSSR count). The maximum atomic E-state index is 12.4. The predicted molar refractivity (Wildman–Crippen MR) is 108 cm³/mol. The van der Waals surface area contributed by atoms with Gasteiger partial charge in [-0.2, -0.15) is 52.7 Å². The van der Waals surface area contributed by atoms with Gasteiger partial charge in [-0.3, -0.25) is 0 Å². The van der Waals surface area contributed by atoms with Crippen molar-refractivity contribution in [1.82, 2.24) is 0 Å². The smallest absolute Gasteiger partial charge is 0.166 e. The second kappa shape index (κ2) is 10.7. The molecule has 0 aliphatic rings. The molecule has 0 radical (unpaired) electrons. The quantitative estimate of drug-likeness (QED) is 0.226. The van der Waals surface area contributed by atoms with E-state index in [1.54, 1.807) is 0 Å². The topological polar surface area (TPSA) is 0 Å². The fourth-order valence-corrected chi connectivity index (χ4v) is 2.95. The number of rotatable bonds is 2. The van der Waals surface area contributed by atoms with Crippen LogP contribution in [0.15, 0.2) is 36.4 Å². The summed E-state index contributed by atoms with van der Waals surface area (Å²) in [5, 5.41) is 0. The van der Waals surface area contributed by atoms with Crippen LogP contribution in [0.3, 0.4) is 0 Å². The number of benzene rings is 2. The van der Waals surface area contributed by atoms with Crippen molar-refractivity contribution in [1.29, 1.82) is 0 Å². The van der Waals surface area contributed by atoms with Crippen molar-refractivity contribution in [3.05, 3.63) is 69.8 Å². The van der Waals surface area contributed by atoms with Gasteiger partial charge in [0.2, 0.25) is 0 Å². The van der Waals surface area contributed by atoms with E-state index in [1.165, 1.54) is 13.8 Å². The minimum atomic E-state index is -4.79. The van der Waals surface area contributed by atoms with Crippen LogP contribution in [-0.4, -0.2) is 0 Å². The van der Waals surface area contributed by atoms with Crippen molar-refractivity contribution in [3.63, 3.8) is 0 Å². The summed E-state index contributed by atoms with van der Waals surface area (Å²) in [6, 6.07) is 3.03. The normalized spacial score (nSPS) is 14.8. The number of hydrogen-bond donors (Lipinski definition) is 0. The summed E-state index contributed by atoms with van der Waals surface area (Å²) < 4.78 is 149. The Bertz CT molecular complexity index is 823. The van der Waals surface area contributed by atoms with Gasteiger partial charge in [-0.25, -0.2) is 0 Å². The zero-order valence-corrected chi connectivity index (χ0v) is 20.1. The van der Waals surface area contributed by atoms with Crippen molar-refractivity contribution in [2.45, 2.75) is 48.2 Å². The molecule has 0 amide bonds. The van der Waals surface area contributed by atoms with Gasteiger partial charge in [0.15, 0.2) is 0 Å². The SMILES string of the molecule is C[C@@H](Br)c1cc(C(F)(F)F)cc(C(F)(F)F)c1.C[C@@H](Br)c1cc(C(F)(F)F)cc(C(F)(F)F)c1. The summed E-state index contributed by atoms with van der Waals surface area (Å²) in [4.78, 5) is -1.18. The van der Waals surface area contributed by atoms with Crippen molar-refractivity contribution in [2.24, 2.45) is 0 Å². The van der Waals surface area contributed by atoms with E-state index in [-0.39, 0.29) is 23.3 Å². The minimum absolute atomic E-state index is 0.0628. The summed E-state index contributed by atoms with van der Waals surface area (Å²) in [6.07, 6.45) is -19.2. The van der Waals surface area contributed by atoms with Gasteiger partial charge in [0, 0.05) is 9.65 Å². The average Bonchev–Trinajstić information content (AvgIpc) is 2.65. The van der Waals surface area contributed by atoms with Crippen LogP contribution in [0.1, 0.15) is 56.9 Å². The van der Waals surface area contributed by atoms with E-state index in [1.807, 2.05) is 0 Å². The van der Waals surface area contributed by atoms with E-state index in [0.717, 1.165) is 0 Å². The standard InChI is InChI=1S/2C10H7BrF6/c2*1-5(11)6-2-7(9(12,13)14)4-8(3-6)10(15,16)17/h2*2-5H,1H3/t2*5-/m11/s1. The molecular weight excluding hydrogens is 628 g/mol. The Morgan fingerprint density at radius 1 is 0.441 bits per heavy atom. The lowest BCUT2D eigenvalue weighted by Gasteiger charge is -2.15. The van der Waals surface area contributed by atoms with Crippen molar-refractivity contribution in [3.8, 4) is 0 Å². The van der Waals surface area contributed by atoms with Crippen LogP contribution in [0.4, 0.5) is 52.7 Å². The molecule has 0 unspecified atom stereocenters.